The average molecular weight is 328 g/mol. The normalized spacial score (nSPS) is 19.5. The average Bonchev–Trinajstić information content (AvgIpc) is 2.56. The lowest BCUT2D eigenvalue weighted by molar-refractivity contribution is 0.585. The smallest absolute Gasteiger partial charge is 0.151 e. The van der Waals surface area contributed by atoms with Gasteiger partial charge in [-0.1, -0.05) is 29.8 Å². The van der Waals surface area contributed by atoms with Crippen LogP contribution in [0.2, 0.25) is 0 Å². The second kappa shape index (κ2) is 8.25. The van der Waals surface area contributed by atoms with Gasteiger partial charge in [0.05, 0.1) is 5.70 Å². The van der Waals surface area contributed by atoms with Crippen molar-refractivity contribution in [3.63, 3.8) is 0 Å². The number of hydrogen-bond acceptors (Lipinski definition) is 4. The fourth-order valence-electron chi connectivity index (χ4n) is 2.19. The van der Waals surface area contributed by atoms with E-state index in [2.05, 4.69) is 20.5 Å². The molecule has 1 fully saturated rings. The van der Waals surface area contributed by atoms with Gasteiger partial charge in [0.2, 0.25) is 0 Å². The summed E-state index contributed by atoms with van der Waals surface area (Å²) < 4.78 is 0. The maximum atomic E-state index is 8.85. The Balaban J connectivity index is 2.29. The van der Waals surface area contributed by atoms with Crippen molar-refractivity contribution in [2.75, 3.05) is 0 Å². The highest BCUT2D eigenvalue weighted by Gasteiger charge is 2.33. The van der Waals surface area contributed by atoms with E-state index in [9.17, 15) is 0 Å². The molecule has 5 nitrogen and oxygen atoms in total. The number of aliphatic imine (C=N–C) groups is 2. The number of amidine groups is 1. The maximum absolute atomic E-state index is 8.85. The van der Waals surface area contributed by atoms with Gasteiger partial charge in [0, 0.05) is 23.0 Å². The van der Waals surface area contributed by atoms with E-state index in [1.165, 1.54) is 11.2 Å². The number of hydrogen-bond donors (Lipinski definition) is 1. The highest BCUT2D eigenvalue weighted by molar-refractivity contribution is 6.25. The molecule has 0 aromatic carbocycles. The zero-order valence-electron chi connectivity index (χ0n) is 13.1. The number of nitrogens with one attached hydrogen (secondary N) is 1. The van der Waals surface area contributed by atoms with Gasteiger partial charge in [0.1, 0.15) is 11.8 Å². The number of hydrazone groups is 1. The Hall–Kier alpha value is -2.45. The SMILES string of the molecule is C\C=C(/C=C\C=C\Cl)N=C(N/N=C(\C)C#N)C1=CN=C2CC1C2. The first kappa shape index (κ1) is 16.9. The van der Waals surface area contributed by atoms with Crippen molar-refractivity contribution in [2.24, 2.45) is 21.0 Å². The summed E-state index contributed by atoms with van der Waals surface area (Å²) in [7, 11) is 0. The van der Waals surface area contributed by atoms with Crippen molar-refractivity contribution in [1.82, 2.24) is 5.43 Å². The van der Waals surface area contributed by atoms with Gasteiger partial charge in [-0.25, -0.2) is 4.99 Å². The molecule has 0 saturated heterocycles. The van der Waals surface area contributed by atoms with Crippen LogP contribution in [0.1, 0.15) is 26.7 Å². The minimum atomic E-state index is 0.342. The van der Waals surface area contributed by atoms with Crippen LogP contribution in [0.5, 0.6) is 0 Å². The number of allylic oxidation sites excluding steroid dienone is 4. The van der Waals surface area contributed by atoms with E-state index >= 15 is 0 Å². The predicted molar refractivity (Wildman–Crippen MR) is 95.4 cm³/mol. The van der Waals surface area contributed by atoms with Crippen molar-refractivity contribution in [2.45, 2.75) is 26.7 Å². The van der Waals surface area contributed by atoms with Crippen molar-refractivity contribution in [3.05, 3.63) is 47.3 Å². The summed E-state index contributed by atoms with van der Waals surface area (Å²) in [6, 6.07) is 1.99. The molecule has 3 rings (SSSR count). The predicted octanol–water partition coefficient (Wildman–Crippen LogP) is 3.83. The van der Waals surface area contributed by atoms with Crippen molar-refractivity contribution in [3.8, 4) is 6.07 Å². The summed E-state index contributed by atoms with van der Waals surface area (Å²) in [6.07, 6.45) is 11.1. The molecule has 0 aromatic heterocycles. The van der Waals surface area contributed by atoms with Crippen LogP contribution in [0.25, 0.3) is 0 Å². The molecule has 23 heavy (non-hydrogen) atoms. The van der Waals surface area contributed by atoms with Crippen LogP contribution in [0.4, 0.5) is 0 Å². The largest absolute Gasteiger partial charge is 0.265 e. The highest BCUT2D eigenvalue weighted by Crippen LogP contribution is 2.36. The van der Waals surface area contributed by atoms with Gasteiger partial charge >= 0.3 is 0 Å². The monoisotopic (exact) mass is 327 g/mol. The standard InChI is InChI=1S/C17H18ClN5/c1-3-14(6-4-5-7-18)21-17(23-22-12(2)10-19)16-11-20-15-8-13(16)9-15/h3-7,11,13H,8-9H2,1-2H3,(H,21,23)/b6-4-,7-5+,14-3+,22-12+. The molecule has 2 bridgehead atoms. The van der Waals surface area contributed by atoms with Gasteiger partial charge < -0.3 is 0 Å². The van der Waals surface area contributed by atoms with Crippen LogP contribution in [-0.4, -0.2) is 17.3 Å². The quantitative estimate of drug-likeness (QED) is 0.360. The Morgan fingerprint density at radius 2 is 2.26 bits per heavy atom. The molecule has 0 atom stereocenters. The molecule has 0 aromatic rings. The Bertz CT molecular complexity index is 706. The third-order valence-corrected chi connectivity index (χ3v) is 3.69. The molecule has 1 saturated carbocycles. The lowest BCUT2D eigenvalue weighted by atomic mass is 9.76. The number of halogens is 1. The lowest BCUT2D eigenvalue weighted by Gasteiger charge is -2.33. The van der Waals surface area contributed by atoms with Crippen LogP contribution in [0.15, 0.2) is 62.4 Å². The third kappa shape index (κ3) is 4.51. The molecule has 0 unspecified atom stereocenters. The molecule has 1 N–H and O–H groups in total. The first-order valence-electron chi connectivity index (χ1n) is 7.32. The van der Waals surface area contributed by atoms with E-state index in [1.54, 1.807) is 13.0 Å². The van der Waals surface area contributed by atoms with E-state index in [0.717, 1.165) is 24.1 Å². The molecule has 0 amide bonds. The summed E-state index contributed by atoms with van der Waals surface area (Å²) in [5.74, 6) is 1.05. The fraction of sp³-hybridized carbons (Fsp3) is 0.294. The summed E-state index contributed by atoms with van der Waals surface area (Å²) in [5, 5.41) is 12.9. The van der Waals surface area contributed by atoms with Crippen LogP contribution >= 0.6 is 11.6 Å². The first-order chi connectivity index (χ1) is 11.2. The molecular weight excluding hydrogens is 310 g/mol. The molecule has 6 heteroatoms. The molecule has 2 heterocycles. The summed E-state index contributed by atoms with van der Waals surface area (Å²) in [5.41, 5.74) is 7.70. The van der Waals surface area contributed by atoms with E-state index in [4.69, 9.17) is 16.9 Å². The number of rotatable bonds is 5. The molecule has 3 aliphatic rings. The van der Waals surface area contributed by atoms with E-state index in [1.807, 2.05) is 37.4 Å². The molecule has 0 radical (unpaired) electrons. The van der Waals surface area contributed by atoms with Gasteiger partial charge in [0.15, 0.2) is 5.84 Å². The highest BCUT2D eigenvalue weighted by atomic mass is 35.5. The Morgan fingerprint density at radius 1 is 1.48 bits per heavy atom. The van der Waals surface area contributed by atoms with Crippen LogP contribution in [0.3, 0.4) is 0 Å². The van der Waals surface area contributed by atoms with E-state index in [-0.39, 0.29) is 0 Å². The van der Waals surface area contributed by atoms with Gasteiger partial charge in [-0.05, 0) is 38.7 Å². The van der Waals surface area contributed by atoms with Crippen LogP contribution in [-0.2, 0) is 0 Å². The first-order valence-corrected chi connectivity index (χ1v) is 7.76. The Kier molecular flexibility index (Phi) is 6.07. The van der Waals surface area contributed by atoms with Gasteiger partial charge in [-0.3, -0.25) is 10.4 Å². The topological polar surface area (TPSA) is 72.9 Å². The minimum absolute atomic E-state index is 0.342. The zero-order valence-corrected chi connectivity index (χ0v) is 13.9. The Labute approximate surface area is 141 Å². The summed E-state index contributed by atoms with van der Waals surface area (Å²) in [6.45, 7) is 3.55. The van der Waals surface area contributed by atoms with Crippen molar-refractivity contribution in [1.29, 1.82) is 5.26 Å². The lowest BCUT2D eigenvalue weighted by Crippen LogP contribution is -2.35. The van der Waals surface area contributed by atoms with Crippen molar-refractivity contribution < 1.29 is 0 Å². The van der Waals surface area contributed by atoms with Crippen LogP contribution < -0.4 is 5.43 Å². The van der Waals surface area contributed by atoms with Gasteiger partial charge in [-0.2, -0.15) is 10.4 Å². The van der Waals surface area contributed by atoms with Crippen molar-refractivity contribution >= 4 is 28.9 Å². The van der Waals surface area contributed by atoms with Crippen LogP contribution in [0, 0.1) is 17.2 Å². The molecule has 118 valence electrons. The molecule has 2 aliphatic heterocycles. The summed E-state index contributed by atoms with van der Waals surface area (Å²) in [4.78, 5) is 9.03. The number of nitrogens with zero attached hydrogens (tertiary/aromatic N) is 4. The van der Waals surface area contributed by atoms with E-state index < -0.39 is 0 Å². The molecular formula is C17H18ClN5. The molecule has 0 spiro atoms. The maximum Gasteiger partial charge on any atom is 0.151 e. The molecule has 1 aliphatic carbocycles. The minimum Gasteiger partial charge on any atom is -0.265 e. The Morgan fingerprint density at radius 3 is 2.83 bits per heavy atom. The second-order valence-corrected chi connectivity index (χ2v) is 5.41. The zero-order chi connectivity index (χ0) is 16.7. The number of fused-ring (bicyclic) bond motifs is 1. The summed E-state index contributed by atoms with van der Waals surface area (Å²) >= 11 is 5.51. The second-order valence-electron chi connectivity index (χ2n) is 5.16. The van der Waals surface area contributed by atoms with Gasteiger partial charge in [-0.15, -0.1) is 0 Å². The number of nitriles is 1. The van der Waals surface area contributed by atoms with Gasteiger partial charge in [0.25, 0.3) is 0 Å². The fourth-order valence-corrected chi connectivity index (χ4v) is 2.28. The third-order valence-electron chi connectivity index (χ3n) is 3.54. The van der Waals surface area contributed by atoms with E-state index in [0.29, 0.717) is 17.5 Å².